The van der Waals surface area contributed by atoms with Crippen molar-refractivity contribution in [3.05, 3.63) is 47.5 Å². The first-order valence-electron chi connectivity index (χ1n) is 7.74. The lowest BCUT2D eigenvalue weighted by atomic mass is 10.1. The first kappa shape index (κ1) is 18.0. The SMILES string of the molecule is C/C=C/COC(=O)c1ccc(C(=O)OCCCCCC)cc1. The molecule has 22 heavy (non-hydrogen) atoms. The number of hydrogen-bond donors (Lipinski definition) is 0. The van der Waals surface area contributed by atoms with E-state index in [1.54, 1.807) is 30.3 Å². The van der Waals surface area contributed by atoms with E-state index < -0.39 is 5.97 Å². The Morgan fingerprint density at radius 2 is 1.55 bits per heavy atom. The standard InChI is InChI=1S/C18H24O4/c1-3-5-7-8-14-22-18(20)16-11-9-15(10-12-16)17(19)21-13-6-4-2/h4,6,9-12H,3,5,7-8,13-14H2,1-2H3/b6-4+. The molecule has 1 aromatic carbocycles. The fourth-order valence-corrected chi connectivity index (χ4v) is 1.82. The van der Waals surface area contributed by atoms with Crippen LogP contribution in [0.1, 0.15) is 60.2 Å². The average molecular weight is 304 g/mol. The number of carbonyl (C=O) groups excluding carboxylic acids is 2. The van der Waals surface area contributed by atoms with Crippen LogP contribution < -0.4 is 0 Å². The molecule has 120 valence electrons. The van der Waals surface area contributed by atoms with Crippen LogP contribution in [-0.4, -0.2) is 25.2 Å². The molecule has 0 saturated carbocycles. The molecule has 0 fully saturated rings. The fourth-order valence-electron chi connectivity index (χ4n) is 1.82. The number of unbranched alkanes of at least 4 members (excludes halogenated alkanes) is 3. The van der Waals surface area contributed by atoms with Crippen molar-refractivity contribution in [2.75, 3.05) is 13.2 Å². The van der Waals surface area contributed by atoms with Crippen molar-refractivity contribution in [1.29, 1.82) is 0 Å². The van der Waals surface area contributed by atoms with Crippen molar-refractivity contribution in [3.8, 4) is 0 Å². The summed E-state index contributed by atoms with van der Waals surface area (Å²) in [4.78, 5) is 23.5. The van der Waals surface area contributed by atoms with Crippen LogP contribution >= 0.6 is 0 Å². The molecule has 1 rings (SSSR count). The second kappa shape index (κ2) is 10.6. The zero-order valence-corrected chi connectivity index (χ0v) is 13.3. The van der Waals surface area contributed by atoms with E-state index in [4.69, 9.17) is 9.47 Å². The number of allylic oxidation sites excluding steroid dienone is 1. The lowest BCUT2D eigenvalue weighted by molar-refractivity contribution is 0.0494. The van der Waals surface area contributed by atoms with Crippen molar-refractivity contribution < 1.29 is 19.1 Å². The monoisotopic (exact) mass is 304 g/mol. The summed E-state index contributed by atoms with van der Waals surface area (Å²) in [6.07, 6.45) is 7.83. The van der Waals surface area contributed by atoms with Crippen molar-refractivity contribution in [1.82, 2.24) is 0 Å². The lowest BCUT2D eigenvalue weighted by Gasteiger charge is -2.06. The molecule has 0 radical (unpaired) electrons. The van der Waals surface area contributed by atoms with Gasteiger partial charge in [0.25, 0.3) is 0 Å². The molecule has 0 aliphatic rings. The molecule has 0 saturated heterocycles. The Morgan fingerprint density at radius 3 is 2.09 bits per heavy atom. The topological polar surface area (TPSA) is 52.6 Å². The molecule has 4 nitrogen and oxygen atoms in total. The molecule has 0 heterocycles. The third-order valence-corrected chi connectivity index (χ3v) is 3.13. The number of esters is 2. The Kier molecular flexibility index (Phi) is 8.65. The molecular formula is C18H24O4. The highest BCUT2D eigenvalue weighted by Gasteiger charge is 2.10. The zero-order valence-electron chi connectivity index (χ0n) is 13.3. The van der Waals surface area contributed by atoms with Crippen molar-refractivity contribution in [3.63, 3.8) is 0 Å². The quantitative estimate of drug-likeness (QED) is 0.390. The third-order valence-electron chi connectivity index (χ3n) is 3.13. The van der Waals surface area contributed by atoms with Gasteiger partial charge in [0.05, 0.1) is 17.7 Å². The van der Waals surface area contributed by atoms with E-state index >= 15 is 0 Å². The number of rotatable bonds is 9. The number of benzene rings is 1. The van der Waals surface area contributed by atoms with E-state index in [9.17, 15) is 9.59 Å². The molecule has 0 bridgehead atoms. The highest BCUT2D eigenvalue weighted by Crippen LogP contribution is 2.08. The summed E-state index contributed by atoms with van der Waals surface area (Å²) >= 11 is 0. The highest BCUT2D eigenvalue weighted by atomic mass is 16.5. The second-order valence-electron chi connectivity index (χ2n) is 4.94. The number of hydrogen-bond acceptors (Lipinski definition) is 4. The predicted molar refractivity (Wildman–Crippen MR) is 86.0 cm³/mol. The summed E-state index contributed by atoms with van der Waals surface area (Å²) in [6, 6.07) is 6.32. The van der Waals surface area contributed by atoms with Crippen LogP contribution in [0.5, 0.6) is 0 Å². The lowest BCUT2D eigenvalue weighted by Crippen LogP contribution is -2.08. The Hall–Kier alpha value is -2.10. The molecule has 0 unspecified atom stereocenters. The summed E-state index contributed by atoms with van der Waals surface area (Å²) in [7, 11) is 0. The average Bonchev–Trinajstić information content (AvgIpc) is 2.54. The van der Waals surface area contributed by atoms with Gasteiger partial charge in [-0.3, -0.25) is 0 Å². The second-order valence-corrected chi connectivity index (χ2v) is 4.94. The Balaban J connectivity index is 2.43. The molecule has 0 N–H and O–H groups in total. The van der Waals surface area contributed by atoms with E-state index in [0.29, 0.717) is 17.7 Å². The summed E-state index contributed by atoms with van der Waals surface area (Å²) < 4.78 is 10.2. The van der Waals surface area contributed by atoms with Gasteiger partial charge >= 0.3 is 11.9 Å². The van der Waals surface area contributed by atoms with Gasteiger partial charge in [-0.05, 0) is 37.6 Å². The first-order valence-corrected chi connectivity index (χ1v) is 7.74. The molecule has 1 aromatic rings. The van der Waals surface area contributed by atoms with Crippen LogP contribution in [0.2, 0.25) is 0 Å². The van der Waals surface area contributed by atoms with Crippen LogP contribution in [0, 0.1) is 0 Å². The van der Waals surface area contributed by atoms with Crippen LogP contribution in [-0.2, 0) is 9.47 Å². The highest BCUT2D eigenvalue weighted by molar-refractivity contribution is 5.93. The van der Waals surface area contributed by atoms with Crippen LogP contribution in [0.25, 0.3) is 0 Å². The largest absolute Gasteiger partial charge is 0.462 e. The zero-order chi connectivity index (χ0) is 16.2. The van der Waals surface area contributed by atoms with Gasteiger partial charge in [0.2, 0.25) is 0 Å². The minimum atomic E-state index is -0.405. The summed E-state index contributed by atoms with van der Waals surface area (Å²) in [5.74, 6) is -0.761. The Bertz CT molecular complexity index is 488. The summed E-state index contributed by atoms with van der Waals surface area (Å²) in [5, 5.41) is 0. The van der Waals surface area contributed by atoms with E-state index in [0.717, 1.165) is 25.7 Å². The molecule has 0 aliphatic carbocycles. The Morgan fingerprint density at radius 1 is 0.955 bits per heavy atom. The normalized spacial score (nSPS) is 10.6. The minimum Gasteiger partial charge on any atom is -0.462 e. The van der Waals surface area contributed by atoms with Crippen LogP contribution in [0.15, 0.2) is 36.4 Å². The molecule has 0 atom stereocenters. The van der Waals surface area contributed by atoms with Gasteiger partial charge in [0, 0.05) is 0 Å². The molecule has 4 heteroatoms. The third kappa shape index (κ3) is 6.57. The van der Waals surface area contributed by atoms with Crippen LogP contribution in [0.4, 0.5) is 0 Å². The van der Waals surface area contributed by atoms with E-state index in [1.807, 2.05) is 13.0 Å². The van der Waals surface area contributed by atoms with Crippen molar-refractivity contribution in [2.45, 2.75) is 39.5 Å². The Labute approximate surface area is 132 Å². The molecule has 0 aliphatic heterocycles. The predicted octanol–water partition coefficient (Wildman–Crippen LogP) is 4.16. The van der Waals surface area contributed by atoms with Gasteiger partial charge < -0.3 is 9.47 Å². The molecule has 0 aromatic heterocycles. The smallest absolute Gasteiger partial charge is 0.338 e. The number of carbonyl (C=O) groups is 2. The first-order chi connectivity index (χ1) is 10.7. The van der Waals surface area contributed by atoms with Gasteiger partial charge in [-0.15, -0.1) is 0 Å². The van der Waals surface area contributed by atoms with Gasteiger partial charge in [-0.1, -0.05) is 38.3 Å². The maximum absolute atomic E-state index is 11.8. The van der Waals surface area contributed by atoms with Crippen LogP contribution in [0.3, 0.4) is 0 Å². The van der Waals surface area contributed by atoms with E-state index in [1.165, 1.54) is 0 Å². The minimum absolute atomic E-state index is 0.247. The fraction of sp³-hybridized carbons (Fsp3) is 0.444. The van der Waals surface area contributed by atoms with Crippen molar-refractivity contribution in [2.24, 2.45) is 0 Å². The van der Waals surface area contributed by atoms with Gasteiger partial charge in [0.15, 0.2) is 0 Å². The van der Waals surface area contributed by atoms with Gasteiger partial charge in [0.1, 0.15) is 6.61 Å². The summed E-state index contributed by atoms with van der Waals surface area (Å²) in [5.41, 5.74) is 0.865. The van der Waals surface area contributed by atoms with E-state index in [-0.39, 0.29) is 12.6 Å². The maximum Gasteiger partial charge on any atom is 0.338 e. The summed E-state index contributed by atoms with van der Waals surface area (Å²) in [6.45, 7) is 4.68. The molecule has 0 spiro atoms. The van der Waals surface area contributed by atoms with Gasteiger partial charge in [-0.2, -0.15) is 0 Å². The molecule has 0 amide bonds. The van der Waals surface area contributed by atoms with Crippen molar-refractivity contribution >= 4 is 11.9 Å². The van der Waals surface area contributed by atoms with E-state index in [2.05, 4.69) is 6.92 Å². The van der Waals surface area contributed by atoms with Gasteiger partial charge in [-0.25, -0.2) is 9.59 Å². The molecular weight excluding hydrogens is 280 g/mol. The number of ether oxygens (including phenoxy) is 2. The maximum atomic E-state index is 11.8.